The molecule has 1 fully saturated rings. The molecule has 3 amide bonds. The second-order valence-electron chi connectivity index (χ2n) is 7.74. The highest BCUT2D eigenvalue weighted by molar-refractivity contribution is 5.93. The monoisotopic (exact) mass is 388 g/mol. The lowest BCUT2D eigenvalue weighted by molar-refractivity contribution is -0.142. The normalized spacial score (nSPS) is 18.6. The van der Waals surface area contributed by atoms with E-state index in [-0.39, 0.29) is 23.6 Å². The van der Waals surface area contributed by atoms with Crippen molar-refractivity contribution in [3.8, 4) is 0 Å². The zero-order valence-electron chi connectivity index (χ0n) is 17.0. The van der Waals surface area contributed by atoms with Crippen LogP contribution in [0, 0.1) is 5.92 Å². The number of rotatable bonds is 8. The van der Waals surface area contributed by atoms with Gasteiger partial charge in [0, 0.05) is 13.1 Å². The summed E-state index contributed by atoms with van der Waals surface area (Å²) in [5, 5.41) is 5.67. The summed E-state index contributed by atoms with van der Waals surface area (Å²) in [5.74, 6) is -0.819. The molecule has 1 aliphatic heterocycles. The Labute approximate surface area is 167 Å². The van der Waals surface area contributed by atoms with Gasteiger partial charge in [0.05, 0.1) is 6.04 Å². The summed E-state index contributed by atoms with van der Waals surface area (Å²) in [5.41, 5.74) is 6.77. The lowest BCUT2D eigenvalue weighted by Crippen LogP contribution is -2.57. The highest BCUT2D eigenvalue weighted by atomic mass is 16.2. The van der Waals surface area contributed by atoms with Crippen molar-refractivity contribution < 1.29 is 14.4 Å². The van der Waals surface area contributed by atoms with E-state index in [1.165, 1.54) is 0 Å². The van der Waals surface area contributed by atoms with Gasteiger partial charge in [0.1, 0.15) is 12.1 Å². The lowest BCUT2D eigenvalue weighted by Gasteiger charge is -2.30. The number of nitrogens with one attached hydrogen (secondary N) is 2. The number of hydrogen-bond acceptors (Lipinski definition) is 4. The van der Waals surface area contributed by atoms with Crippen LogP contribution in [0.2, 0.25) is 0 Å². The van der Waals surface area contributed by atoms with Gasteiger partial charge < -0.3 is 21.3 Å². The number of nitrogens with two attached hydrogens (primary N) is 1. The molecule has 4 N–H and O–H groups in total. The SMILES string of the molecule is CC(N)C(=O)NC(C(=O)N1CCCC1C(=O)NCCc1ccccc1)C(C)C. The molecule has 0 spiro atoms. The number of likely N-dealkylation sites (tertiary alicyclic amines) is 1. The fourth-order valence-corrected chi connectivity index (χ4v) is 3.37. The van der Waals surface area contributed by atoms with E-state index in [0.29, 0.717) is 19.5 Å². The molecule has 7 nitrogen and oxygen atoms in total. The molecule has 0 aliphatic carbocycles. The van der Waals surface area contributed by atoms with Crippen molar-refractivity contribution in [2.75, 3.05) is 13.1 Å². The number of nitrogens with zero attached hydrogens (tertiary/aromatic N) is 1. The molecule has 1 aromatic rings. The predicted molar refractivity (Wildman–Crippen MR) is 108 cm³/mol. The van der Waals surface area contributed by atoms with Crippen molar-refractivity contribution >= 4 is 17.7 Å². The molecule has 0 saturated carbocycles. The van der Waals surface area contributed by atoms with E-state index in [9.17, 15) is 14.4 Å². The lowest BCUT2D eigenvalue weighted by atomic mass is 10.0. The van der Waals surface area contributed by atoms with Crippen molar-refractivity contribution in [1.29, 1.82) is 0 Å². The Morgan fingerprint density at radius 1 is 1.18 bits per heavy atom. The Bertz CT molecular complexity index is 675. The van der Waals surface area contributed by atoms with E-state index in [1.807, 2.05) is 44.2 Å². The summed E-state index contributed by atoms with van der Waals surface area (Å²) in [6, 6.07) is 8.07. The van der Waals surface area contributed by atoms with Crippen LogP contribution in [0.5, 0.6) is 0 Å². The zero-order valence-corrected chi connectivity index (χ0v) is 17.0. The van der Waals surface area contributed by atoms with Gasteiger partial charge in [-0.2, -0.15) is 0 Å². The van der Waals surface area contributed by atoms with Crippen molar-refractivity contribution in [2.45, 2.75) is 58.2 Å². The minimum Gasteiger partial charge on any atom is -0.354 e. The average molecular weight is 389 g/mol. The van der Waals surface area contributed by atoms with E-state index in [4.69, 9.17) is 5.73 Å². The summed E-state index contributed by atoms with van der Waals surface area (Å²) in [6.07, 6.45) is 2.15. The smallest absolute Gasteiger partial charge is 0.246 e. The Hall–Kier alpha value is -2.41. The number of benzene rings is 1. The Balaban J connectivity index is 1.96. The van der Waals surface area contributed by atoms with E-state index in [1.54, 1.807) is 11.8 Å². The molecule has 1 aliphatic rings. The van der Waals surface area contributed by atoms with Gasteiger partial charge in [-0.15, -0.1) is 0 Å². The van der Waals surface area contributed by atoms with Crippen LogP contribution in [0.3, 0.4) is 0 Å². The third-order valence-electron chi connectivity index (χ3n) is 5.04. The van der Waals surface area contributed by atoms with E-state index >= 15 is 0 Å². The van der Waals surface area contributed by atoms with Gasteiger partial charge in [-0.05, 0) is 37.7 Å². The molecule has 1 heterocycles. The van der Waals surface area contributed by atoms with Crippen LogP contribution >= 0.6 is 0 Å². The molecular formula is C21H32N4O3. The Kier molecular flexibility index (Phi) is 7.99. The van der Waals surface area contributed by atoms with Gasteiger partial charge in [0.25, 0.3) is 0 Å². The topological polar surface area (TPSA) is 105 Å². The van der Waals surface area contributed by atoms with Crippen LogP contribution in [-0.2, 0) is 20.8 Å². The Morgan fingerprint density at radius 3 is 2.46 bits per heavy atom. The van der Waals surface area contributed by atoms with Gasteiger partial charge >= 0.3 is 0 Å². The number of hydrogen-bond donors (Lipinski definition) is 3. The molecule has 1 saturated heterocycles. The second-order valence-corrected chi connectivity index (χ2v) is 7.74. The van der Waals surface area contributed by atoms with Crippen LogP contribution in [0.15, 0.2) is 30.3 Å². The first-order chi connectivity index (χ1) is 13.3. The fraction of sp³-hybridized carbons (Fsp3) is 0.571. The molecule has 7 heteroatoms. The molecule has 28 heavy (non-hydrogen) atoms. The third kappa shape index (κ3) is 5.79. The first kappa shape index (κ1) is 21.9. The number of carbonyl (C=O) groups is 3. The average Bonchev–Trinajstić information content (AvgIpc) is 3.15. The third-order valence-corrected chi connectivity index (χ3v) is 5.04. The fourth-order valence-electron chi connectivity index (χ4n) is 3.37. The van der Waals surface area contributed by atoms with Crippen molar-refractivity contribution in [2.24, 2.45) is 11.7 Å². The van der Waals surface area contributed by atoms with Gasteiger partial charge in [-0.3, -0.25) is 14.4 Å². The van der Waals surface area contributed by atoms with Gasteiger partial charge in [0.15, 0.2) is 0 Å². The molecule has 2 rings (SSSR count). The molecule has 1 aromatic carbocycles. The maximum absolute atomic E-state index is 13.0. The first-order valence-electron chi connectivity index (χ1n) is 9.99. The Morgan fingerprint density at radius 2 is 1.86 bits per heavy atom. The van der Waals surface area contributed by atoms with Crippen LogP contribution < -0.4 is 16.4 Å². The summed E-state index contributed by atoms with van der Waals surface area (Å²) in [6.45, 7) is 6.36. The van der Waals surface area contributed by atoms with Crippen LogP contribution in [0.1, 0.15) is 39.2 Å². The number of amides is 3. The first-order valence-corrected chi connectivity index (χ1v) is 9.99. The van der Waals surface area contributed by atoms with Gasteiger partial charge in [-0.1, -0.05) is 44.2 Å². The predicted octanol–water partition coefficient (Wildman–Crippen LogP) is 0.824. The highest BCUT2D eigenvalue weighted by Crippen LogP contribution is 2.20. The summed E-state index contributed by atoms with van der Waals surface area (Å²) >= 11 is 0. The largest absolute Gasteiger partial charge is 0.354 e. The molecule has 3 unspecified atom stereocenters. The van der Waals surface area contributed by atoms with Crippen LogP contribution in [-0.4, -0.2) is 53.8 Å². The van der Waals surface area contributed by atoms with E-state index < -0.39 is 18.1 Å². The molecule has 0 bridgehead atoms. The van der Waals surface area contributed by atoms with Gasteiger partial charge in [-0.25, -0.2) is 0 Å². The second kappa shape index (κ2) is 10.2. The maximum Gasteiger partial charge on any atom is 0.246 e. The molecule has 154 valence electrons. The maximum atomic E-state index is 13.0. The molecule has 0 radical (unpaired) electrons. The van der Waals surface area contributed by atoms with Gasteiger partial charge in [0.2, 0.25) is 17.7 Å². The summed E-state index contributed by atoms with van der Waals surface area (Å²) in [7, 11) is 0. The molecule has 0 aromatic heterocycles. The van der Waals surface area contributed by atoms with Crippen molar-refractivity contribution in [1.82, 2.24) is 15.5 Å². The van der Waals surface area contributed by atoms with E-state index in [2.05, 4.69) is 10.6 Å². The standard InChI is InChI=1S/C21H32N4O3/c1-14(2)18(24-19(26)15(3)22)21(28)25-13-7-10-17(25)20(27)23-12-11-16-8-5-4-6-9-16/h4-6,8-9,14-15,17-18H,7,10-13,22H2,1-3H3,(H,23,27)(H,24,26). The van der Waals surface area contributed by atoms with Crippen molar-refractivity contribution in [3.63, 3.8) is 0 Å². The summed E-state index contributed by atoms with van der Waals surface area (Å²) < 4.78 is 0. The molecular weight excluding hydrogens is 356 g/mol. The van der Waals surface area contributed by atoms with Crippen LogP contribution in [0.25, 0.3) is 0 Å². The quantitative estimate of drug-likeness (QED) is 0.613. The van der Waals surface area contributed by atoms with E-state index in [0.717, 1.165) is 18.4 Å². The molecule has 3 atom stereocenters. The summed E-state index contributed by atoms with van der Waals surface area (Å²) in [4.78, 5) is 39.3. The zero-order chi connectivity index (χ0) is 20.7. The minimum atomic E-state index is -0.690. The van der Waals surface area contributed by atoms with Crippen molar-refractivity contribution in [3.05, 3.63) is 35.9 Å². The van der Waals surface area contributed by atoms with Crippen LogP contribution in [0.4, 0.5) is 0 Å². The minimum absolute atomic E-state index is 0.0995. The highest BCUT2D eigenvalue weighted by Gasteiger charge is 2.38. The number of carbonyl (C=O) groups excluding carboxylic acids is 3.